The molecule has 29 heavy (non-hydrogen) atoms. The Labute approximate surface area is 175 Å². The number of halogens is 1. The van der Waals surface area contributed by atoms with Gasteiger partial charge in [0.2, 0.25) is 15.0 Å². The molecule has 0 saturated carbocycles. The van der Waals surface area contributed by atoms with Crippen LogP contribution in [0.5, 0.6) is 0 Å². The number of fused-ring (bicyclic) bond motifs is 1. The van der Waals surface area contributed by atoms with Crippen LogP contribution in [0.3, 0.4) is 0 Å². The molecule has 0 aliphatic heterocycles. The van der Waals surface area contributed by atoms with Crippen LogP contribution in [0.25, 0.3) is 5.52 Å². The van der Waals surface area contributed by atoms with E-state index in [1.165, 1.54) is 15.7 Å². The van der Waals surface area contributed by atoms with Crippen molar-refractivity contribution in [1.82, 2.24) is 14.4 Å². The molecular formula is C19H15ClN4O3S2. The number of thiazole rings is 1. The zero-order valence-electron chi connectivity index (χ0n) is 15.2. The normalized spacial score (nSPS) is 11.7. The van der Waals surface area contributed by atoms with E-state index in [2.05, 4.69) is 15.3 Å². The van der Waals surface area contributed by atoms with Crippen LogP contribution in [0.1, 0.15) is 20.9 Å². The van der Waals surface area contributed by atoms with Crippen LogP contribution in [0.15, 0.2) is 60.0 Å². The van der Waals surface area contributed by atoms with Crippen molar-refractivity contribution < 1.29 is 13.2 Å². The average molecular weight is 447 g/mol. The maximum absolute atomic E-state index is 12.8. The van der Waals surface area contributed by atoms with E-state index in [1.54, 1.807) is 30.6 Å². The van der Waals surface area contributed by atoms with Crippen molar-refractivity contribution in [3.63, 3.8) is 0 Å². The van der Waals surface area contributed by atoms with E-state index in [-0.39, 0.29) is 10.9 Å². The third-order valence-corrected chi connectivity index (χ3v) is 6.39. The second-order valence-electron chi connectivity index (χ2n) is 6.33. The van der Waals surface area contributed by atoms with Gasteiger partial charge in [0.25, 0.3) is 5.91 Å². The highest BCUT2D eigenvalue weighted by Gasteiger charge is 2.23. The van der Waals surface area contributed by atoms with Crippen LogP contribution in [-0.2, 0) is 16.3 Å². The molecule has 3 aromatic heterocycles. The number of imidazole rings is 1. The number of hydrogen-bond acceptors (Lipinski definition) is 6. The lowest BCUT2D eigenvalue weighted by Gasteiger charge is -2.01. The lowest BCUT2D eigenvalue weighted by Crippen LogP contribution is -2.12. The highest BCUT2D eigenvalue weighted by atomic mass is 35.5. The lowest BCUT2D eigenvalue weighted by atomic mass is 10.1. The van der Waals surface area contributed by atoms with Crippen molar-refractivity contribution in [1.29, 1.82) is 0 Å². The third-order valence-electron chi connectivity index (χ3n) is 4.16. The maximum Gasteiger partial charge on any atom is 0.278 e. The van der Waals surface area contributed by atoms with Crippen LogP contribution >= 0.6 is 22.9 Å². The second kappa shape index (κ2) is 7.58. The summed E-state index contributed by atoms with van der Waals surface area (Å²) in [7, 11) is -3.60. The Balaban J connectivity index is 1.60. The molecule has 3 heterocycles. The van der Waals surface area contributed by atoms with Crippen LogP contribution in [0, 0.1) is 0 Å². The molecule has 148 valence electrons. The van der Waals surface area contributed by atoms with Gasteiger partial charge in [-0.25, -0.2) is 18.4 Å². The molecular weight excluding hydrogens is 432 g/mol. The first-order chi connectivity index (χ1) is 13.8. The van der Waals surface area contributed by atoms with E-state index >= 15 is 0 Å². The van der Waals surface area contributed by atoms with E-state index in [4.69, 9.17) is 11.6 Å². The van der Waals surface area contributed by atoms with Gasteiger partial charge in [0.05, 0.1) is 5.52 Å². The third kappa shape index (κ3) is 4.02. The van der Waals surface area contributed by atoms with Gasteiger partial charge in [-0.2, -0.15) is 0 Å². The van der Waals surface area contributed by atoms with Crippen molar-refractivity contribution in [2.45, 2.75) is 11.6 Å². The molecule has 0 fully saturated rings. The van der Waals surface area contributed by atoms with Gasteiger partial charge in [0.1, 0.15) is 0 Å². The van der Waals surface area contributed by atoms with Crippen molar-refractivity contribution in [2.24, 2.45) is 0 Å². The van der Waals surface area contributed by atoms with Gasteiger partial charge in [0, 0.05) is 35.0 Å². The standard InChI is InChI=1S/C19H15ClN4O3S2/c1-29(26,27)19-22-16(15-8-4-5-9-24(15)19)17(25)23-18-21-11-13(28-18)10-12-6-2-3-7-14(12)20/h2-9,11H,10H2,1H3,(H,21,23,25). The fraction of sp³-hybridized carbons (Fsp3) is 0.105. The number of pyridine rings is 1. The predicted octanol–water partition coefficient (Wildman–Crippen LogP) is 3.69. The van der Waals surface area contributed by atoms with Crippen molar-refractivity contribution in [3.05, 3.63) is 76.0 Å². The number of amides is 1. The quantitative estimate of drug-likeness (QED) is 0.504. The SMILES string of the molecule is CS(=O)(=O)c1nc(C(=O)Nc2ncc(Cc3ccccc3Cl)s2)c2ccccn12. The smallest absolute Gasteiger partial charge is 0.278 e. The molecule has 0 bridgehead atoms. The van der Waals surface area contributed by atoms with Gasteiger partial charge in [-0.05, 0) is 23.8 Å². The number of hydrogen-bond donors (Lipinski definition) is 1. The Morgan fingerprint density at radius 3 is 2.72 bits per heavy atom. The summed E-state index contributed by atoms with van der Waals surface area (Å²) in [6.45, 7) is 0. The molecule has 4 aromatic rings. The minimum absolute atomic E-state index is 0.0221. The van der Waals surface area contributed by atoms with Crippen molar-refractivity contribution in [3.8, 4) is 0 Å². The summed E-state index contributed by atoms with van der Waals surface area (Å²) >= 11 is 7.52. The Bertz CT molecular complexity index is 1330. The number of anilines is 1. The molecule has 7 nitrogen and oxygen atoms in total. The van der Waals surface area contributed by atoms with Crippen molar-refractivity contribution in [2.75, 3.05) is 11.6 Å². The molecule has 0 radical (unpaired) electrons. The number of benzene rings is 1. The molecule has 1 aromatic carbocycles. The zero-order valence-corrected chi connectivity index (χ0v) is 17.6. The van der Waals surface area contributed by atoms with Gasteiger partial charge in [-0.3, -0.25) is 14.5 Å². The fourth-order valence-electron chi connectivity index (χ4n) is 2.87. The summed E-state index contributed by atoms with van der Waals surface area (Å²) in [6, 6.07) is 12.6. The molecule has 0 saturated heterocycles. The van der Waals surface area contributed by atoms with Crippen LogP contribution in [0.4, 0.5) is 5.13 Å². The van der Waals surface area contributed by atoms with Crippen LogP contribution < -0.4 is 5.32 Å². The Hall–Kier alpha value is -2.75. The first kappa shape index (κ1) is 19.6. The van der Waals surface area contributed by atoms with Gasteiger partial charge < -0.3 is 0 Å². The summed E-state index contributed by atoms with van der Waals surface area (Å²) in [5.41, 5.74) is 1.39. The van der Waals surface area contributed by atoms with E-state index in [1.807, 2.05) is 24.3 Å². The summed E-state index contributed by atoms with van der Waals surface area (Å²) < 4.78 is 25.4. The topological polar surface area (TPSA) is 93.4 Å². The van der Waals surface area contributed by atoms with E-state index in [9.17, 15) is 13.2 Å². The van der Waals surface area contributed by atoms with E-state index < -0.39 is 15.7 Å². The van der Waals surface area contributed by atoms with E-state index in [0.29, 0.717) is 22.1 Å². The zero-order chi connectivity index (χ0) is 20.6. The predicted molar refractivity (Wildman–Crippen MR) is 113 cm³/mol. The van der Waals surface area contributed by atoms with Crippen LogP contribution in [0.2, 0.25) is 5.02 Å². The molecule has 0 aliphatic carbocycles. The molecule has 0 aliphatic rings. The highest BCUT2D eigenvalue weighted by Crippen LogP contribution is 2.25. The Kier molecular flexibility index (Phi) is 5.12. The number of nitrogens with zero attached hydrogens (tertiary/aromatic N) is 3. The number of carbonyl (C=O) groups is 1. The first-order valence-electron chi connectivity index (χ1n) is 8.49. The fourth-order valence-corrected chi connectivity index (χ4v) is 4.68. The second-order valence-corrected chi connectivity index (χ2v) is 9.76. The number of nitrogens with one attached hydrogen (secondary N) is 1. The summed E-state index contributed by atoms with van der Waals surface area (Å²) in [5.74, 6) is -0.526. The summed E-state index contributed by atoms with van der Waals surface area (Å²) in [4.78, 5) is 22.0. The lowest BCUT2D eigenvalue weighted by molar-refractivity contribution is 0.102. The van der Waals surface area contributed by atoms with Gasteiger partial charge >= 0.3 is 0 Å². The highest BCUT2D eigenvalue weighted by molar-refractivity contribution is 7.90. The molecule has 1 N–H and O–H groups in total. The molecule has 0 atom stereocenters. The summed E-state index contributed by atoms with van der Waals surface area (Å²) in [6.07, 6.45) is 4.88. The van der Waals surface area contributed by atoms with Crippen molar-refractivity contribution >= 4 is 49.3 Å². The summed E-state index contributed by atoms with van der Waals surface area (Å²) in [5, 5.41) is 3.59. The Morgan fingerprint density at radius 1 is 1.21 bits per heavy atom. The van der Waals surface area contributed by atoms with Gasteiger partial charge in [0.15, 0.2) is 10.8 Å². The number of aromatic nitrogens is 3. The molecule has 1 amide bonds. The minimum Gasteiger partial charge on any atom is -0.296 e. The monoisotopic (exact) mass is 446 g/mol. The Morgan fingerprint density at radius 2 is 1.97 bits per heavy atom. The molecule has 0 unspecified atom stereocenters. The number of carbonyl (C=O) groups excluding carboxylic acids is 1. The molecule has 4 rings (SSSR count). The minimum atomic E-state index is -3.60. The molecule has 0 spiro atoms. The average Bonchev–Trinajstić information content (AvgIpc) is 3.28. The molecule has 10 heteroatoms. The number of sulfone groups is 1. The largest absolute Gasteiger partial charge is 0.296 e. The first-order valence-corrected chi connectivity index (χ1v) is 11.6. The van der Waals surface area contributed by atoms with Crippen LogP contribution in [-0.4, -0.2) is 34.9 Å². The van der Waals surface area contributed by atoms with E-state index in [0.717, 1.165) is 16.7 Å². The van der Waals surface area contributed by atoms with Gasteiger partial charge in [-0.1, -0.05) is 35.9 Å². The van der Waals surface area contributed by atoms with Gasteiger partial charge in [-0.15, -0.1) is 11.3 Å². The number of rotatable bonds is 5. The maximum atomic E-state index is 12.8.